The number of ether oxygens (including phenoxy) is 1. The third kappa shape index (κ3) is 5.70. The Kier molecular flexibility index (Phi) is 8.56. The van der Waals surface area contributed by atoms with Gasteiger partial charge in [0, 0.05) is 20.1 Å². The van der Waals surface area contributed by atoms with Crippen LogP contribution in [-0.2, 0) is 9.53 Å². The first-order valence-electron chi connectivity index (χ1n) is 6.18. The van der Waals surface area contributed by atoms with E-state index in [0.29, 0.717) is 26.1 Å². The van der Waals surface area contributed by atoms with E-state index in [1.165, 1.54) is 19.3 Å². The number of hydrogen-bond donors (Lipinski definition) is 2. The van der Waals surface area contributed by atoms with Crippen LogP contribution in [0.3, 0.4) is 0 Å². The lowest BCUT2D eigenvalue weighted by atomic mass is 9.72. The second-order valence-corrected chi connectivity index (χ2v) is 4.78. The zero-order valence-corrected chi connectivity index (χ0v) is 11.5. The summed E-state index contributed by atoms with van der Waals surface area (Å²) in [6.07, 6.45) is 6.48. The highest BCUT2D eigenvalue weighted by molar-refractivity contribution is 5.85. The SMILES string of the molecule is COCCNC(=O)CC1(CN)CCCCC1.Cl. The summed E-state index contributed by atoms with van der Waals surface area (Å²) in [7, 11) is 1.63. The summed E-state index contributed by atoms with van der Waals surface area (Å²) in [5.74, 6) is 0.115. The number of carbonyl (C=O) groups is 1. The van der Waals surface area contributed by atoms with Crippen molar-refractivity contribution in [2.45, 2.75) is 38.5 Å². The summed E-state index contributed by atoms with van der Waals surface area (Å²) in [5, 5.41) is 2.87. The number of rotatable bonds is 6. The fourth-order valence-electron chi connectivity index (χ4n) is 2.45. The lowest BCUT2D eigenvalue weighted by Crippen LogP contribution is -2.39. The van der Waals surface area contributed by atoms with Gasteiger partial charge in [-0.3, -0.25) is 4.79 Å². The van der Waals surface area contributed by atoms with Crippen LogP contribution in [0.4, 0.5) is 0 Å². The van der Waals surface area contributed by atoms with Gasteiger partial charge in [-0.1, -0.05) is 19.3 Å². The van der Waals surface area contributed by atoms with Gasteiger partial charge in [0.2, 0.25) is 5.91 Å². The average Bonchev–Trinajstić information content (AvgIpc) is 2.30. The van der Waals surface area contributed by atoms with E-state index in [-0.39, 0.29) is 23.7 Å². The van der Waals surface area contributed by atoms with Crippen LogP contribution < -0.4 is 11.1 Å². The van der Waals surface area contributed by atoms with Crippen LogP contribution in [0.25, 0.3) is 0 Å². The topological polar surface area (TPSA) is 64.3 Å². The van der Waals surface area contributed by atoms with Crippen molar-refractivity contribution in [1.29, 1.82) is 0 Å². The predicted octanol–water partition coefficient (Wildman–Crippen LogP) is 1.47. The van der Waals surface area contributed by atoms with Crippen molar-refractivity contribution in [2.24, 2.45) is 11.1 Å². The van der Waals surface area contributed by atoms with Crippen LogP contribution >= 0.6 is 12.4 Å². The van der Waals surface area contributed by atoms with Crippen molar-refractivity contribution < 1.29 is 9.53 Å². The normalized spacial score (nSPS) is 18.2. The molecule has 3 N–H and O–H groups in total. The predicted molar refractivity (Wildman–Crippen MR) is 71.3 cm³/mol. The molecule has 0 unspecified atom stereocenters. The molecule has 0 heterocycles. The number of nitrogens with one attached hydrogen (secondary N) is 1. The molecule has 0 aromatic carbocycles. The molecule has 1 aliphatic rings. The van der Waals surface area contributed by atoms with E-state index in [2.05, 4.69) is 5.32 Å². The fourth-order valence-corrected chi connectivity index (χ4v) is 2.45. The molecule has 1 fully saturated rings. The molecular formula is C12H25ClN2O2. The van der Waals surface area contributed by atoms with Crippen molar-refractivity contribution in [3.05, 3.63) is 0 Å². The Hall–Kier alpha value is -0.320. The zero-order chi connectivity index (χ0) is 11.9. The molecule has 0 aliphatic heterocycles. The Bertz CT molecular complexity index is 219. The van der Waals surface area contributed by atoms with Gasteiger partial charge >= 0.3 is 0 Å². The van der Waals surface area contributed by atoms with Gasteiger partial charge in [0.1, 0.15) is 0 Å². The lowest BCUT2D eigenvalue weighted by Gasteiger charge is -2.35. The van der Waals surface area contributed by atoms with Gasteiger partial charge < -0.3 is 15.8 Å². The molecule has 4 nitrogen and oxygen atoms in total. The van der Waals surface area contributed by atoms with Crippen molar-refractivity contribution in [2.75, 3.05) is 26.8 Å². The van der Waals surface area contributed by atoms with Gasteiger partial charge in [-0.15, -0.1) is 12.4 Å². The molecule has 1 rings (SSSR count). The van der Waals surface area contributed by atoms with Crippen molar-refractivity contribution in [3.8, 4) is 0 Å². The van der Waals surface area contributed by atoms with E-state index in [1.54, 1.807) is 7.11 Å². The maximum absolute atomic E-state index is 11.7. The molecule has 0 radical (unpaired) electrons. The van der Waals surface area contributed by atoms with Gasteiger partial charge in [0.05, 0.1) is 6.61 Å². The van der Waals surface area contributed by atoms with Crippen LogP contribution in [0, 0.1) is 5.41 Å². The van der Waals surface area contributed by atoms with Crippen LogP contribution in [0.1, 0.15) is 38.5 Å². The summed E-state index contributed by atoms with van der Waals surface area (Å²) in [4.78, 5) is 11.7. The summed E-state index contributed by atoms with van der Waals surface area (Å²) < 4.78 is 4.89. The van der Waals surface area contributed by atoms with Crippen molar-refractivity contribution >= 4 is 18.3 Å². The fraction of sp³-hybridized carbons (Fsp3) is 0.917. The second-order valence-electron chi connectivity index (χ2n) is 4.78. The highest BCUT2D eigenvalue weighted by Crippen LogP contribution is 2.38. The molecule has 0 aromatic rings. The number of nitrogens with two attached hydrogens (primary N) is 1. The molecule has 0 aromatic heterocycles. The zero-order valence-electron chi connectivity index (χ0n) is 10.7. The molecule has 102 valence electrons. The van der Waals surface area contributed by atoms with E-state index >= 15 is 0 Å². The molecule has 0 bridgehead atoms. The molecule has 5 heteroatoms. The largest absolute Gasteiger partial charge is 0.383 e. The van der Waals surface area contributed by atoms with E-state index in [0.717, 1.165) is 12.8 Å². The quantitative estimate of drug-likeness (QED) is 0.714. The monoisotopic (exact) mass is 264 g/mol. The second kappa shape index (κ2) is 8.72. The number of halogens is 1. The molecule has 0 saturated heterocycles. The average molecular weight is 265 g/mol. The Morgan fingerprint density at radius 3 is 2.53 bits per heavy atom. The highest BCUT2D eigenvalue weighted by atomic mass is 35.5. The third-order valence-corrected chi connectivity index (χ3v) is 3.51. The molecule has 0 atom stereocenters. The molecule has 17 heavy (non-hydrogen) atoms. The maximum Gasteiger partial charge on any atom is 0.220 e. The number of hydrogen-bond acceptors (Lipinski definition) is 3. The van der Waals surface area contributed by atoms with Crippen molar-refractivity contribution in [3.63, 3.8) is 0 Å². The first kappa shape index (κ1) is 16.7. The van der Waals surface area contributed by atoms with Gasteiger partial charge in [-0.2, -0.15) is 0 Å². The maximum atomic E-state index is 11.7. The minimum Gasteiger partial charge on any atom is -0.383 e. The van der Waals surface area contributed by atoms with Gasteiger partial charge in [0.25, 0.3) is 0 Å². The Morgan fingerprint density at radius 2 is 2.00 bits per heavy atom. The van der Waals surface area contributed by atoms with Gasteiger partial charge in [0.15, 0.2) is 0 Å². The van der Waals surface area contributed by atoms with Crippen LogP contribution in [0.15, 0.2) is 0 Å². The lowest BCUT2D eigenvalue weighted by molar-refractivity contribution is -0.124. The number of amides is 1. The highest BCUT2D eigenvalue weighted by Gasteiger charge is 2.32. The Morgan fingerprint density at radius 1 is 1.35 bits per heavy atom. The molecule has 0 spiro atoms. The summed E-state index contributed by atoms with van der Waals surface area (Å²) >= 11 is 0. The minimum absolute atomic E-state index is 0. The van der Waals surface area contributed by atoms with E-state index in [9.17, 15) is 4.79 Å². The summed E-state index contributed by atoms with van der Waals surface area (Å²) in [6.45, 7) is 1.79. The van der Waals surface area contributed by atoms with Crippen LogP contribution in [-0.4, -0.2) is 32.7 Å². The minimum atomic E-state index is 0. The molecular weight excluding hydrogens is 240 g/mol. The Balaban J connectivity index is 0.00000256. The Labute approximate surface area is 110 Å². The van der Waals surface area contributed by atoms with Gasteiger partial charge in [-0.25, -0.2) is 0 Å². The first-order valence-corrected chi connectivity index (χ1v) is 6.18. The van der Waals surface area contributed by atoms with E-state index in [1.807, 2.05) is 0 Å². The molecule has 1 aliphatic carbocycles. The standard InChI is InChI=1S/C12H24N2O2.ClH/c1-16-8-7-14-11(15)9-12(10-13)5-3-2-4-6-12;/h2-10,13H2,1H3,(H,14,15);1H. The summed E-state index contributed by atoms with van der Waals surface area (Å²) in [6, 6.07) is 0. The first-order chi connectivity index (χ1) is 7.72. The van der Waals surface area contributed by atoms with Crippen molar-refractivity contribution in [1.82, 2.24) is 5.32 Å². The number of carbonyl (C=O) groups excluding carboxylic acids is 1. The van der Waals surface area contributed by atoms with Gasteiger partial charge in [-0.05, 0) is 24.8 Å². The number of methoxy groups -OCH3 is 1. The van der Waals surface area contributed by atoms with E-state index < -0.39 is 0 Å². The third-order valence-electron chi connectivity index (χ3n) is 3.51. The molecule has 1 amide bonds. The molecule has 1 saturated carbocycles. The van der Waals surface area contributed by atoms with Crippen LogP contribution in [0.5, 0.6) is 0 Å². The van der Waals surface area contributed by atoms with E-state index in [4.69, 9.17) is 10.5 Å². The van der Waals surface area contributed by atoms with Crippen LogP contribution in [0.2, 0.25) is 0 Å². The summed E-state index contributed by atoms with van der Waals surface area (Å²) in [5.41, 5.74) is 5.90. The smallest absolute Gasteiger partial charge is 0.220 e.